The normalized spacial score (nSPS) is 10.6. The van der Waals surface area contributed by atoms with E-state index >= 15 is 0 Å². The Hall–Kier alpha value is -3.55. The minimum atomic E-state index is -0.783. The second kappa shape index (κ2) is 8.64. The first kappa shape index (κ1) is 20.2. The summed E-state index contributed by atoms with van der Waals surface area (Å²) in [4.78, 5) is 26.0. The van der Waals surface area contributed by atoms with Gasteiger partial charge in [-0.1, -0.05) is 18.2 Å². The summed E-state index contributed by atoms with van der Waals surface area (Å²) in [7, 11) is 0. The molecule has 1 aromatic heterocycles. The first-order valence-electron chi connectivity index (χ1n) is 9.04. The van der Waals surface area contributed by atoms with Crippen molar-refractivity contribution in [3.8, 4) is 5.69 Å². The smallest absolute Gasteiger partial charge is 0.258 e. The van der Waals surface area contributed by atoms with Crippen molar-refractivity contribution in [1.29, 1.82) is 0 Å². The molecule has 3 rings (SSSR count). The summed E-state index contributed by atoms with van der Waals surface area (Å²) in [6.45, 7) is 4.29. The van der Waals surface area contributed by atoms with Crippen LogP contribution in [0.1, 0.15) is 29.8 Å². The van der Waals surface area contributed by atoms with Crippen molar-refractivity contribution < 1.29 is 18.4 Å². The molecule has 2 amide bonds. The van der Waals surface area contributed by atoms with Crippen LogP contribution in [-0.4, -0.2) is 33.0 Å². The zero-order valence-corrected chi connectivity index (χ0v) is 16.0. The Bertz CT molecular complexity index is 1050. The maximum Gasteiger partial charge on any atom is 0.258 e. The largest absolute Gasteiger partial charge is 0.339 e. The molecule has 3 aromatic rings. The van der Waals surface area contributed by atoms with Gasteiger partial charge in [0.2, 0.25) is 5.91 Å². The van der Waals surface area contributed by atoms with Gasteiger partial charge in [-0.15, -0.1) is 0 Å². The fourth-order valence-electron chi connectivity index (χ4n) is 2.86. The van der Waals surface area contributed by atoms with E-state index in [0.29, 0.717) is 18.8 Å². The van der Waals surface area contributed by atoms with Crippen molar-refractivity contribution in [2.24, 2.45) is 0 Å². The monoisotopic (exact) mass is 398 g/mol. The predicted molar refractivity (Wildman–Crippen MR) is 105 cm³/mol. The quantitative estimate of drug-likeness (QED) is 0.687. The molecule has 1 N–H and O–H groups in total. The minimum Gasteiger partial charge on any atom is -0.339 e. The standard InChI is InChI=1S/C21H20F2N4O2/c1-3-26(14(2)28)12-15-6-4-5-7-19(15)25-21(29)16-11-24-27(13-16)20-9-8-17(22)10-18(20)23/h4-11,13H,3,12H2,1-2H3,(H,25,29). The summed E-state index contributed by atoms with van der Waals surface area (Å²) in [5.74, 6) is -1.97. The Morgan fingerprint density at radius 1 is 1.17 bits per heavy atom. The SMILES string of the molecule is CCN(Cc1ccccc1NC(=O)c1cnn(-c2ccc(F)cc2F)c1)C(C)=O. The highest BCUT2D eigenvalue weighted by Gasteiger charge is 2.15. The third-order valence-corrected chi connectivity index (χ3v) is 4.46. The molecule has 0 saturated heterocycles. The molecule has 0 spiro atoms. The zero-order valence-electron chi connectivity index (χ0n) is 16.0. The summed E-state index contributed by atoms with van der Waals surface area (Å²) < 4.78 is 28.2. The number of para-hydroxylation sites is 1. The summed E-state index contributed by atoms with van der Waals surface area (Å²) in [6, 6.07) is 10.3. The Morgan fingerprint density at radius 3 is 2.62 bits per heavy atom. The van der Waals surface area contributed by atoms with Crippen LogP contribution in [0.2, 0.25) is 0 Å². The molecule has 1 heterocycles. The van der Waals surface area contributed by atoms with E-state index in [4.69, 9.17) is 0 Å². The Labute approximate surface area is 166 Å². The number of benzene rings is 2. The van der Waals surface area contributed by atoms with Gasteiger partial charge in [-0.25, -0.2) is 13.5 Å². The number of nitrogens with zero attached hydrogens (tertiary/aromatic N) is 3. The van der Waals surface area contributed by atoms with Gasteiger partial charge in [0.15, 0.2) is 5.82 Å². The van der Waals surface area contributed by atoms with Gasteiger partial charge in [0.05, 0.1) is 11.8 Å². The van der Waals surface area contributed by atoms with Crippen LogP contribution in [0.5, 0.6) is 0 Å². The molecule has 0 saturated carbocycles. The van der Waals surface area contributed by atoms with Crippen LogP contribution in [0.3, 0.4) is 0 Å². The van der Waals surface area contributed by atoms with E-state index in [0.717, 1.165) is 17.7 Å². The first-order chi connectivity index (χ1) is 13.9. The van der Waals surface area contributed by atoms with Crippen molar-refractivity contribution in [3.63, 3.8) is 0 Å². The van der Waals surface area contributed by atoms with Crippen LogP contribution < -0.4 is 5.32 Å². The highest BCUT2D eigenvalue weighted by Crippen LogP contribution is 2.19. The van der Waals surface area contributed by atoms with Gasteiger partial charge in [0.1, 0.15) is 11.5 Å². The molecule has 0 unspecified atom stereocenters. The van der Waals surface area contributed by atoms with Gasteiger partial charge in [0.25, 0.3) is 5.91 Å². The van der Waals surface area contributed by atoms with Crippen LogP contribution in [0.4, 0.5) is 14.5 Å². The molecule has 0 bridgehead atoms. The predicted octanol–water partition coefficient (Wildman–Crippen LogP) is 3.77. The van der Waals surface area contributed by atoms with Crippen molar-refractivity contribution >= 4 is 17.5 Å². The molecule has 0 fully saturated rings. The van der Waals surface area contributed by atoms with E-state index in [1.54, 1.807) is 17.0 Å². The van der Waals surface area contributed by atoms with Gasteiger partial charge < -0.3 is 10.2 Å². The molecular formula is C21H20F2N4O2. The molecule has 0 atom stereocenters. The van der Waals surface area contributed by atoms with Crippen LogP contribution in [0.15, 0.2) is 54.9 Å². The minimum absolute atomic E-state index is 0.0332. The van der Waals surface area contributed by atoms with E-state index in [-0.39, 0.29) is 17.2 Å². The van der Waals surface area contributed by atoms with Gasteiger partial charge in [-0.2, -0.15) is 5.10 Å². The van der Waals surface area contributed by atoms with Gasteiger partial charge in [0, 0.05) is 38.0 Å². The van der Waals surface area contributed by atoms with Crippen molar-refractivity contribution in [2.75, 3.05) is 11.9 Å². The van der Waals surface area contributed by atoms with Crippen LogP contribution in [-0.2, 0) is 11.3 Å². The molecule has 0 aliphatic carbocycles. The summed E-state index contributed by atoms with van der Waals surface area (Å²) in [5.41, 5.74) is 1.60. The van der Waals surface area contributed by atoms with Gasteiger partial charge in [-0.3, -0.25) is 9.59 Å². The van der Waals surface area contributed by atoms with E-state index < -0.39 is 17.5 Å². The second-order valence-corrected chi connectivity index (χ2v) is 6.41. The first-order valence-corrected chi connectivity index (χ1v) is 9.04. The fourth-order valence-corrected chi connectivity index (χ4v) is 2.86. The van der Waals surface area contributed by atoms with Crippen molar-refractivity contribution in [1.82, 2.24) is 14.7 Å². The van der Waals surface area contributed by atoms with Crippen molar-refractivity contribution in [3.05, 3.63) is 77.6 Å². The Kier molecular flexibility index (Phi) is 6.01. The molecule has 8 heteroatoms. The molecule has 0 aliphatic rings. The molecule has 29 heavy (non-hydrogen) atoms. The zero-order chi connectivity index (χ0) is 21.0. The lowest BCUT2D eigenvalue weighted by Gasteiger charge is -2.20. The topological polar surface area (TPSA) is 67.2 Å². The molecule has 0 radical (unpaired) electrons. The number of hydrogen-bond acceptors (Lipinski definition) is 3. The maximum absolute atomic E-state index is 13.9. The maximum atomic E-state index is 13.9. The van der Waals surface area contributed by atoms with Gasteiger partial charge in [-0.05, 0) is 30.7 Å². The summed E-state index contributed by atoms with van der Waals surface area (Å²) in [5, 5.41) is 6.79. The van der Waals surface area contributed by atoms with Crippen LogP contribution in [0, 0.1) is 11.6 Å². The number of anilines is 1. The third kappa shape index (κ3) is 4.66. The van der Waals surface area contributed by atoms with E-state index in [1.807, 2.05) is 19.1 Å². The fraction of sp³-hybridized carbons (Fsp3) is 0.190. The summed E-state index contributed by atoms with van der Waals surface area (Å²) >= 11 is 0. The summed E-state index contributed by atoms with van der Waals surface area (Å²) in [6.07, 6.45) is 2.66. The lowest BCUT2D eigenvalue weighted by atomic mass is 10.1. The lowest BCUT2D eigenvalue weighted by Crippen LogP contribution is -2.28. The van der Waals surface area contributed by atoms with E-state index in [2.05, 4.69) is 10.4 Å². The Balaban J connectivity index is 1.80. The highest BCUT2D eigenvalue weighted by atomic mass is 19.1. The highest BCUT2D eigenvalue weighted by molar-refractivity contribution is 6.04. The molecule has 0 aliphatic heterocycles. The number of hydrogen-bond donors (Lipinski definition) is 1. The second-order valence-electron chi connectivity index (χ2n) is 6.41. The molecule has 150 valence electrons. The average molecular weight is 398 g/mol. The number of carbonyl (C=O) groups is 2. The number of aromatic nitrogens is 2. The third-order valence-electron chi connectivity index (χ3n) is 4.46. The van der Waals surface area contributed by atoms with E-state index in [9.17, 15) is 18.4 Å². The Morgan fingerprint density at radius 2 is 1.93 bits per heavy atom. The number of carbonyl (C=O) groups excluding carboxylic acids is 2. The number of nitrogens with one attached hydrogen (secondary N) is 1. The number of halogens is 2. The molecule has 2 aromatic carbocycles. The lowest BCUT2D eigenvalue weighted by molar-refractivity contribution is -0.129. The molecule has 6 nitrogen and oxygen atoms in total. The van der Waals surface area contributed by atoms with Crippen LogP contribution in [0.25, 0.3) is 5.69 Å². The van der Waals surface area contributed by atoms with Crippen LogP contribution >= 0.6 is 0 Å². The number of rotatable bonds is 6. The van der Waals surface area contributed by atoms with Crippen molar-refractivity contribution in [2.45, 2.75) is 20.4 Å². The van der Waals surface area contributed by atoms with Gasteiger partial charge >= 0.3 is 0 Å². The molecular weight excluding hydrogens is 378 g/mol. The average Bonchev–Trinajstić information content (AvgIpc) is 3.17. The number of amides is 2. The van der Waals surface area contributed by atoms with E-state index in [1.165, 1.54) is 30.1 Å².